The summed E-state index contributed by atoms with van der Waals surface area (Å²) in [5.41, 5.74) is 5.76. The second-order valence-corrected chi connectivity index (χ2v) is 12.3. The number of aromatic nitrogens is 4. The van der Waals surface area contributed by atoms with Crippen molar-refractivity contribution in [2.24, 2.45) is 18.9 Å². The van der Waals surface area contributed by atoms with Gasteiger partial charge in [-0.1, -0.05) is 6.08 Å². The van der Waals surface area contributed by atoms with Gasteiger partial charge in [-0.3, -0.25) is 4.79 Å². The summed E-state index contributed by atoms with van der Waals surface area (Å²) in [4.78, 5) is 28.4. The fourth-order valence-electron chi connectivity index (χ4n) is 6.60. The highest BCUT2D eigenvalue weighted by atomic mass is 16.5. The molecule has 5 aromatic rings. The van der Waals surface area contributed by atoms with Crippen LogP contribution in [0.1, 0.15) is 24.8 Å². The fourth-order valence-corrected chi connectivity index (χ4v) is 6.60. The highest BCUT2D eigenvalue weighted by Gasteiger charge is 2.34. The Balaban J connectivity index is 1.06. The topological polar surface area (TPSA) is 106 Å². The van der Waals surface area contributed by atoms with Crippen LogP contribution in [0.3, 0.4) is 0 Å². The maximum Gasteiger partial charge on any atom is 0.155 e. The summed E-state index contributed by atoms with van der Waals surface area (Å²) in [6, 6.07) is 16.2. The van der Waals surface area contributed by atoms with E-state index in [0.717, 1.165) is 87.9 Å². The first-order chi connectivity index (χ1) is 22.4. The maximum atomic E-state index is 12.3. The number of benzene rings is 3. The number of hydrogen-bond acceptors (Lipinski definition) is 9. The second kappa shape index (κ2) is 12.8. The van der Waals surface area contributed by atoms with Crippen molar-refractivity contribution in [1.82, 2.24) is 24.8 Å². The van der Waals surface area contributed by atoms with Crippen molar-refractivity contribution in [3.63, 3.8) is 0 Å². The van der Waals surface area contributed by atoms with Gasteiger partial charge in [0, 0.05) is 62.2 Å². The number of nitrogens with zero attached hydrogens (tertiary/aromatic N) is 5. The lowest BCUT2D eigenvalue weighted by Gasteiger charge is -2.37. The Morgan fingerprint density at radius 1 is 1.11 bits per heavy atom. The molecule has 1 fully saturated rings. The third kappa shape index (κ3) is 6.12. The summed E-state index contributed by atoms with van der Waals surface area (Å²) in [5.74, 6) is 4.15. The Morgan fingerprint density at radius 3 is 2.89 bits per heavy atom. The number of allylic oxidation sites excluding steroid dienone is 1. The zero-order valence-corrected chi connectivity index (χ0v) is 26.5. The minimum Gasteiger partial charge on any atom is -0.491 e. The van der Waals surface area contributed by atoms with E-state index in [0.29, 0.717) is 31.4 Å². The van der Waals surface area contributed by atoms with Crippen LogP contribution in [0, 0.1) is 18.8 Å². The number of carbonyl (C=O) groups excluding carboxylic acids is 1. The van der Waals surface area contributed by atoms with Gasteiger partial charge < -0.3 is 29.6 Å². The molecule has 0 amide bonds. The first-order valence-electron chi connectivity index (χ1n) is 15.9. The average Bonchev–Trinajstić information content (AvgIpc) is 3.36. The number of hydrogen-bond donors (Lipinski definition) is 2. The Labute approximate surface area is 268 Å². The van der Waals surface area contributed by atoms with Crippen molar-refractivity contribution in [1.29, 1.82) is 0 Å². The molecule has 2 aliphatic rings. The Hall–Kier alpha value is -4.96. The van der Waals surface area contributed by atoms with Crippen LogP contribution in [0.5, 0.6) is 17.2 Å². The van der Waals surface area contributed by atoms with Gasteiger partial charge in [0.05, 0.1) is 35.2 Å². The molecule has 236 valence electrons. The van der Waals surface area contributed by atoms with Crippen LogP contribution in [-0.4, -0.2) is 58.6 Å². The molecule has 3 aromatic carbocycles. The molecule has 10 heteroatoms. The number of nitrogens with one attached hydrogen (secondary N) is 2. The van der Waals surface area contributed by atoms with E-state index < -0.39 is 0 Å². The van der Waals surface area contributed by atoms with E-state index in [-0.39, 0.29) is 5.78 Å². The number of ketones is 1. The predicted molar refractivity (Wildman–Crippen MR) is 181 cm³/mol. The van der Waals surface area contributed by atoms with Gasteiger partial charge in [-0.05, 0) is 80.8 Å². The van der Waals surface area contributed by atoms with Crippen molar-refractivity contribution in [2.45, 2.75) is 26.2 Å². The zero-order chi connectivity index (χ0) is 31.6. The number of piperidine rings is 1. The van der Waals surface area contributed by atoms with E-state index in [1.165, 1.54) is 0 Å². The summed E-state index contributed by atoms with van der Waals surface area (Å²) in [6.07, 6.45) is 9.50. The summed E-state index contributed by atoms with van der Waals surface area (Å²) in [5, 5.41) is 7.49. The van der Waals surface area contributed by atoms with Crippen molar-refractivity contribution < 1.29 is 14.3 Å². The quantitative estimate of drug-likeness (QED) is 0.174. The molecule has 7 rings (SSSR count). The molecule has 4 heterocycles. The fraction of sp³-hybridized carbons (Fsp3) is 0.333. The van der Waals surface area contributed by atoms with E-state index in [4.69, 9.17) is 9.47 Å². The number of rotatable bonds is 10. The van der Waals surface area contributed by atoms with Crippen LogP contribution in [0.25, 0.3) is 21.9 Å². The van der Waals surface area contributed by atoms with Gasteiger partial charge in [0.15, 0.2) is 5.78 Å². The lowest BCUT2D eigenvalue weighted by Crippen LogP contribution is -2.41. The summed E-state index contributed by atoms with van der Waals surface area (Å²) >= 11 is 0. The molecular weight excluding hydrogens is 578 g/mol. The van der Waals surface area contributed by atoms with E-state index in [9.17, 15) is 4.79 Å². The molecule has 2 N–H and O–H groups in total. The Bertz CT molecular complexity index is 1930. The van der Waals surface area contributed by atoms with Gasteiger partial charge in [-0.2, -0.15) is 0 Å². The number of likely N-dealkylation sites (N-methyl/N-ethyl adjacent to an activating group) is 1. The highest BCUT2D eigenvalue weighted by molar-refractivity contribution is 5.95. The van der Waals surface area contributed by atoms with Gasteiger partial charge in [0.25, 0.3) is 0 Å². The van der Waals surface area contributed by atoms with E-state index in [1.54, 1.807) is 18.7 Å². The van der Waals surface area contributed by atoms with E-state index in [2.05, 4.69) is 42.6 Å². The van der Waals surface area contributed by atoms with E-state index in [1.807, 2.05) is 68.1 Å². The number of aryl methyl sites for hydroxylation is 2. The number of anilines is 3. The molecule has 2 atom stereocenters. The predicted octanol–water partition coefficient (Wildman–Crippen LogP) is 6.32. The Morgan fingerprint density at radius 2 is 2.02 bits per heavy atom. The summed E-state index contributed by atoms with van der Waals surface area (Å²) in [6.45, 7) is 5.23. The third-order valence-corrected chi connectivity index (χ3v) is 9.15. The molecule has 2 unspecified atom stereocenters. The molecular formula is C36H39N7O3. The van der Waals surface area contributed by atoms with Crippen molar-refractivity contribution in [2.75, 3.05) is 43.5 Å². The molecule has 0 radical (unpaired) electrons. The maximum absolute atomic E-state index is 12.3. The summed E-state index contributed by atoms with van der Waals surface area (Å²) < 4.78 is 14.6. The van der Waals surface area contributed by atoms with Crippen LogP contribution < -0.4 is 25.0 Å². The minimum absolute atomic E-state index is 0.195. The third-order valence-electron chi connectivity index (χ3n) is 9.15. The van der Waals surface area contributed by atoms with Gasteiger partial charge in [-0.25, -0.2) is 15.0 Å². The molecule has 1 saturated heterocycles. The molecule has 2 aliphatic heterocycles. The van der Waals surface area contributed by atoms with Crippen molar-refractivity contribution in [3.8, 4) is 17.2 Å². The molecule has 0 saturated carbocycles. The molecule has 2 aromatic heterocycles. The number of fused-ring (bicyclic) bond motifs is 6. The molecule has 0 spiro atoms. The number of ether oxygens (including phenoxy) is 2. The molecule has 10 nitrogen and oxygen atoms in total. The number of carbonyl (C=O) groups is 1. The number of imidazole rings is 1. The summed E-state index contributed by atoms with van der Waals surface area (Å²) in [7, 11) is 3.86. The van der Waals surface area contributed by atoms with Crippen LogP contribution in [0.15, 0.2) is 73.3 Å². The monoisotopic (exact) mass is 617 g/mol. The smallest absolute Gasteiger partial charge is 0.155 e. The zero-order valence-electron chi connectivity index (χ0n) is 26.5. The lowest BCUT2D eigenvalue weighted by molar-refractivity contribution is -0.115. The second-order valence-electron chi connectivity index (χ2n) is 12.3. The van der Waals surface area contributed by atoms with Gasteiger partial charge in [-0.15, -0.1) is 0 Å². The average molecular weight is 618 g/mol. The largest absolute Gasteiger partial charge is 0.491 e. The van der Waals surface area contributed by atoms with Crippen LogP contribution in [0.4, 0.5) is 17.2 Å². The minimum atomic E-state index is 0.195. The molecule has 2 bridgehead atoms. The van der Waals surface area contributed by atoms with Crippen LogP contribution in [0.2, 0.25) is 0 Å². The Kier molecular flexibility index (Phi) is 8.28. The van der Waals surface area contributed by atoms with Gasteiger partial charge in [0.1, 0.15) is 29.4 Å². The van der Waals surface area contributed by atoms with Gasteiger partial charge in [0.2, 0.25) is 0 Å². The van der Waals surface area contributed by atoms with Crippen molar-refractivity contribution in [3.05, 3.63) is 78.9 Å². The van der Waals surface area contributed by atoms with Crippen LogP contribution in [-0.2, 0) is 11.8 Å². The SMILES string of the molecule is CNC/C=C/C(=O)CCC1CCN2CC1COc1cc3ncnc(Nc4ccc(Oc5ccc6c(c5)ncn6C)c(C)c4)c3cc12. The molecule has 46 heavy (non-hydrogen) atoms. The first-order valence-corrected chi connectivity index (χ1v) is 15.9. The normalized spacial score (nSPS) is 17.6. The molecule has 0 aliphatic carbocycles. The van der Waals surface area contributed by atoms with E-state index >= 15 is 0 Å². The van der Waals surface area contributed by atoms with Gasteiger partial charge >= 0.3 is 0 Å². The van der Waals surface area contributed by atoms with Crippen molar-refractivity contribution >= 4 is 44.9 Å². The first kappa shape index (κ1) is 29.7. The standard InChI is InChI=1S/C36H39N7O3/c1-23-15-26(7-11-34(23)46-28-9-10-32-31(16-28)40-22-42(32)3)41-36-29-17-33-35(18-30(29)38-21-39-36)45-20-25-19-43(33)14-12-24(25)6-8-27(44)5-4-13-37-2/h4-5,7,9-11,15-18,21-22,24-25,37H,6,8,12-14,19-20H2,1-3H3,(H,38,39,41)/b5-4+. The lowest BCUT2D eigenvalue weighted by atomic mass is 9.82. The highest BCUT2D eigenvalue weighted by Crippen LogP contribution is 2.42. The van der Waals surface area contributed by atoms with Crippen LogP contribution >= 0.6 is 0 Å².